The molecule has 0 saturated carbocycles. The van der Waals surface area contributed by atoms with Gasteiger partial charge in [0.2, 0.25) is 0 Å². The summed E-state index contributed by atoms with van der Waals surface area (Å²) >= 11 is 0. The van der Waals surface area contributed by atoms with E-state index in [0.717, 1.165) is 16.8 Å². The lowest BCUT2D eigenvalue weighted by molar-refractivity contribution is 0.0726. The van der Waals surface area contributed by atoms with Crippen LogP contribution in [0.4, 0.5) is 11.5 Å². The maximum absolute atomic E-state index is 12.9. The molecule has 1 N–H and O–H groups in total. The van der Waals surface area contributed by atoms with Crippen molar-refractivity contribution in [2.24, 2.45) is 0 Å². The Kier molecular flexibility index (Phi) is 5.01. The highest BCUT2D eigenvalue weighted by atomic mass is 16.2. The molecule has 29 heavy (non-hydrogen) atoms. The van der Waals surface area contributed by atoms with E-state index in [0.29, 0.717) is 29.8 Å². The van der Waals surface area contributed by atoms with E-state index in [1.807, 2.05) is 43.0 Å². The predicted octanol–water partition coefficient (Wildman–Crippen LogP) is 4.77. The van der Waals surface area contributed by atoms with Crippen molar-refractivity contribution in [1.82, 2.24) is 19.9 Å². The number of benzene rings is 1. The van der Waals surface area contributed by atoms with Crippen LogP contribution in [0.1, 0.15) is 55.2 Å². The number of rotatable bonds is 5. The van der Waals surface area contributed by atoms with Crippen molar-refractivity contribution >= 4 is 17.4 Å². The molecule has 0 aliphatic carbocycles. The molecule has 6 nitrogen and oxygen atoms in total. The summed E-state index contributed by atoms with van der Waals surface area (Å²) in [6.45, 7) is 8.88. The fourth-order valence-electron chi connectivity index (χ4n) is 3.43. The van der Waals surface area contributed by atoms with Crippen molar-refractivity contribution < 1.29 is 4.79 Å². The van der Waals surface area contributed by atoms with Gasteiger partial charge in [-0.2, -0.15) is 0 Å². The van der Waals surface area contributed by atoms with Crippen LogP contribution >= 0.6 is 0 Å². The Balaban J connectivity index is 1.77. The number of amides is 1. The zero-order valence-corrected chi connectivity index (χ0v) is 17.2. The number of pyridine rings is 1. The number of nitrogens with zero attached hydrogens (tertiary/aromatic N) is 4. The van der Waals surface area contributed by atoms with E-state index in [-0.39, 0.29) is 11.9 Å². The molecule has 1 aliphatic rings. The molecule has 1 aliphatic heterocycles. The number of carbonyl (C=O) groups excluding carboxylic acids is 1. The minimum Gasteiger partial charge on any atom is -0.340 e. The first-order valence-electron chi connectivity index (χ1n) is 9.93. The molecule has 148 valence electrons. The second kappa shape index (κ2) is 7.62. The molecule has 3 aromatic rings. The number of aromatic nitrogens is 3. The Morgan fingerprint density at radius 2 is 1.66 bits per heavy atom. The van der Waals surface area contributed by atoms with Gasteiger partial charge in [0.15, 0.2) is 5.82 Å². The number of hydrogen-bond donors (Lipinski definition) is 1. The average Bonchev–Trinajstić information content (AvgIpc) is 3.06. The molecular formula is C23H25N5O. The van der Waals surface area contributed by atoms with Gasteiger partial charge in [-0.1, -0.05) is 26.0 Å². The van der Waals surface area contributed by atoms with E-state index in [1.54, 1.807) is 12.4 Å². The van der Waals surface area contributed by atoms with Crippen LogP contribution in [0.15, 0.2) is 48.8 Å². The number of hydrogen-bond acceptors (Lipinski definition) is 5. The van der Waals surface area contributed by atoms with Gasteiger partial charge in [-0.15, -0.1) is 0 Å². The fraction of sp³-hybridized carbons (Fsp3) is 0.304. The zero-order chi connectivity index (χ0) is 20.5. The van der Waals surface area contributed by atoms with Crippen LogP contribution in [0.3, 0.4) is 0 Å². The maximum Gasteiger partial charge on any atom is 0.273 e. The largest absolute Gasteiger partial charge is 0.340 e. The van der Waals surface area contributed by atoms with E-state index in [4.69, 9.17) is 4.98 Å². The van der Waals surface area contributed by atoms with Crippen molar-refractivity contribution in [1.29, 1.82) is 0 Å². The predicted molar refractivity (Wildman–Crippen MR) is 114 cm³/mol. The molecule has 0 fully saturated rings. The third-order valence-electron chi connectivity index (χ3n) is 5.20. The second-order valence-electron chi connectivity index (χ2n) is 7.89. The van der Waals surface area contributed by atoms with Gasteiger partial charge >= 0.3 is 0 Å². The van der Waals surface area contributed by atoms with E-state index in [1.165, 1.54) is 5.56 Å². The van der Waals surface area contributed by atoms with Crippen LogP contribution < -0.4 is 5.32 Å². The quantitative estimate of drug-likeness (QED) is 0.683. The molecule has 3 heterocycles. The Morgan fingerprint density at radius 1 is 0.966 bits per heavy atom. The maximum atomic E-state index is 12.9. The lowest BCUT2D eigenvalue weighted by Crippen LogP contribution is -2.31. The SMILES string of the molecule is CC(C)c1ccc(Nc2nc(-c3ccncc3)nc3c2CN(C(C)C)C3=O)cc1. The van der Waals surface area contributed by atoms with E-state index < -0.39 is 0 Å². The third-order valence-corrected chi connectivity index (χ3v) is 5.20. The highest BCUT2D eigenvalue weighted by Gasteiger charge is 2.34. The summed E-state index contributed by atoms with van der Waals surface area (Å²) in [5, 5.41) is 3.41. The van der Waals surface area contributed by atoms with Gasteiger partial charge in [0.05, 0.1) is 6.54 Å². The number of carbonyl (C=O) groups is 1. The number of fused-ring (bicyclic) bond motifs is 1. The summed E-state index contributed by atoms with van der Waals surface area (Å²) < 4.78 is 0. The van der Waals surface area contributed by atoms with E-state index >= 15 is 0 Å². The van der Waals surface area contributed by atoms with Gasteiger partial charge in [0.25, 0.3) is 5.91 Å². The summed E-state index contributed by atoms with van der Waals surface area (Å²) in [6, 6.07) is 12.1. The monoisotopic (exact) mass is 387 g/mol. The molecule has 2 aromatic heterocycles. The first-order valence-corrected chi connectivity index (χ1v) is 9.93. The zero-order valence-electron chi connectivity index (χ0n) is 17.2. The van der Waals surface area contributed by atoms with Gasteiger partial charge in [-0.3, -0.25) is 9.78 Å². The van der Waals surface area contributed by atoms with Crippen LogP contribution in [0.25, 0.3) is 11.4 Å². The van der Waals surface area contributed by atoms with E-state index in [9.17, 15) is 4.79 Å². The molecule has 0 bridgehead atoms. The molecule has 0 spiro atoms. The van der Waals surface area contributed by atoms with Gasteiger partial charge < -0.3 is 10.2 Å². The van der Waals surface area contributed by atoms with Crippen LogP contribution in [-0.2, 0) is 6.54 Å². The Bertz CT molecular complexity index is 1030. The van der Waals surface area contributed by atoms with Gasteiger partial charge in [-0.05, 0) is 49.6 Å². The lowest BCUT2D eigenvalue weighted by Gasteiger charge is -2.19. The third kappa shape index (κ3) is 3.70. The van der Waals surface area contributed by atoms with Crippen LogP contribution in [-0.4, -0.2) is 31.8 Å². The first-order chi connectivity index (χ1) is 13.9. The van der Waals surface area contributed by atoms with Crippen molar-refractivity contribution in [3.63, 3.8) is 0 Å². The molecule has 4 rings (SSSR count). The van der Waals surface area contributed by atoms with Crippen molar-refractivity contribution in [3.8, 4) is 11.4 Å². The van der Waals surface area contributed by atoms with Crippen molar-refractivity contribution in [3.05, 3.63) is 65.6 Å². The Labute approximate surface area is 171 Å². The smallest absolute Gasteiger partial charge is 0.273 e. The summed E-state index contributed by atoms with van der Waals surface area (Å²) in [4.78, 5) is 28.2. The van der Waals surface area contributed by atoms with E-state index in [2.05, 4.69) is 41.3 Å². The molecule has 0 atom stereocenters. The highest BCUT2D eigenvalue weighted by molar-refractivity contribution is 5.98. The Morgan fingerprint density at radius 3 is 2.28 bits per heavy atom. The number of nitrogens with one attached hydrogen (secondary N) is 1. The summed E-state index contributed by atoms with van der Waals surface area (Å²) in [6.07, 6.45) is 3.40. The van der Waals surface area contributed by atoms with Crippen LogP contribution in [0.2, 0.25) is 0 Å². The Hall–Kier alpha value is -3.28. The molecule has 0 saturated heterocycles. The van der Waals surface area contributed by atoms with Crippen molar-refractivity contribution in [2.45, 2.75) is 46.2 Å². The minimum atomic E-state index is -0.0501. The molecule has 0 unspecified atom stereocenters. The molecule has 1 amide bonds. The second-order valence-corrected chi connectivity index (χ2v) is 7.89. The summed E-state index contributed by atoms with van der Waals surface area (Å²) in [5.74, 6) is 1.62. The summed E-state index contributed by atoms with van der Waals surface area (Å²) in [5.41, 5.74) is 4.36. The fourth-order valence-corrected chi connectivity index (χ4v) is 3.43. The topological polar surface area (TPSA) is 71.0 Å². The highest BCUT2D eigenvalue weighted by Crippen LogP contribution is 2.32. The lowest BCUT2D eigenvalue weighted by atomic mass is 10.0. The standard InChI is InChI=1S/C23H25N5O/c1-14(2)16-5-7-18(8-6-16)25-22-19-13-28(15(3)4)23(29)20(19)26-21(27-22)17-9-11-24-12-10-17/h5-12,14-15H,13H2,1-4H3,(H,25,26,27). The first kappa shape index (κ1) is 19.1. The van der Waals surface area contributed by atoms with Crippen LogP contribution in [0, 0.1) is 0 Å². The van der Waals surface area contributed by atoms with Gasteiger partial charge in [-0.25, -0.2) is 9.97 Å². The van der Waals surface area contributed by atoms with Crippen molar-refractivity contribution in [2.75, 3.05) is 5.32 Å². The molecule has 6 heteroatoms. The van der Waals surface area contributed by atoms with Gasteiger partial charge in [0, 0.05) is 35.2 Å². The molecular weight excluding hydrogens is 362 g/mol. The normalized spacial score (nSPS) is 13.3. The average molecular weight is 387 g/mol. The van der Waals surface area contributed by atoms with Gasteiger partial charge in [0.1, 0.15) is 11.5 Å². The van der Waals surface area contributed by atoms with Crippen LogP contribution in [0.5, 0.6) is 0 Å². The molecule has 1 aromatic carbocycles. The minimum absolute atomic E-state index is 0.0501. The number of anilines is 2. The molecule has 0 radical (unpaired) electrons. The summed E-state index contributed by atoms with van der Waals surface area (Å²) in [7, 11) is 0.